The van der Waals surface area contributed by atoms with Crippen molar-refractivity contribution in [1.29, 1.82) is 0 Å². The highest BCUT2D eigenvalue weighted by molar-refractivity contribution is 9.10. The molecule has 0 spiro atoms. The number of nitrogens with one attached hydrogen (secondary N) is 1. The van der Waals surface area contributed by atoms with Gasteiger partial charge < -0.3 is 10.4 Å². The Hall–Kier alpha value is -2.21. The molecule has 0 bridgehead atoms. The molecule has 0 saturated heterocycles. The second kappa shape index (κ2) is 5.83. The summed E-state index contributed by atoms with van der Waals surface area (Å²) in [5.74, 6) is -0.582. The summed E-state index contributed by atoms with van der Waals surface area (Å²) >= 11 is 3.27. The van der Waals surface area contributed by atoms with Crippen molar-refractivity contribution >= 4 is 39.2 Å². The highest BCUT2D eigenvalue weighted by Crippen LogP contribution is 2.25. The molecule has 2 aromatic rings. The van der Waals surface area contributed by atoms with Crippen LogP contribution in [0.1, 0.15) is 27.6 Å². The number of carboxylic acids is 1. The number of carboxylic acid groups (broad SMARTS) is 1. The molecule has 0 aliphatic heterocycles. The first-order valence-electron chi connectivity index (χ1n) is 5.74. The van der Waals surface area contributed by atoms with Gasteiger partial charge in [-0.3, -0.25) is 4.79 Å². The smallest absolute Gasteiger partial charge is 0.337 e. The van der Waals surface area contributed by atoms with Crippen LogP contribution in [0, 0.1) is 0 Å². The lowest BCUT2D eigenvalue weighted by Gasteiger charge is -2.09. The Bertz CT molecular complexity index is 686. The lowest BCUT2D eigenvalue weighted by atomic mass is 10.1. The summed E-state index contributed by atoms with van der Waals surface area (Å²) in [6.07, 6.45) is 1.27. The van der Waals surface area contributed by atoms with Crippen LogP contribution in [0.2, 0.25) is 0 Å². The third-order valence-electron chi connectivity index (χ3n) is 2.62. The molecule has 0 amide bonds. The van der Waals surface area contributed by atoms with Gasteiger partial charge in [-0.1, -0.05) is 12.1 Å². The molecule has 2 rings (SSSR count). The van der Waals surface area contributed by atoms with Crippen molar-refractivity contribution in [3.63, 3.8) is 0 Å². The number of carbonyl (C=O) groups is 2. The van der Waals surface area contributed by atoms with Crippen molar-refractivity contribution in [3.8, 4) is 0 Å². The number of benzene rings is 1. The van der Waals surface area contributed by atoms with E-state index >= 15 is 0 Å². The molecule has 102 valence electrons. The Morgan fingerprint density at radius 3 is 2.60 bits per heavy atom. The lowest BCUT2D eigenvalue weighted by Crippen LogP contribution is -2.01. The van der Waals surface area contributed by atoms with Gasteiger partial charge in [0, 0.05) is 17.4 Å². The van der Waals surface area contributed by atoms with Crippen molar-refractivity contribution < 1.29 is 14.7 Å². The maximum Gasteiger partial charge on any atom is 0.337 e. The maximum absolute atomic E-state index is 11.3. The summed E-state index contributed by atoms with van der Waals surface area (Å²) in [5.41, 5.74) is 1.39. The van der Waals surface area contributed by atoms with Gasteiger partial charge in [-0.25, -0.2) is 9.78 Å². The van der Waals surface area contributed by atoms with Gasteiger partial charge in [0.25, 0.3) is 0 Å². The van der Waals surface area contributed by atoms with E-state index < -0.39 is 5.97 Å². The van der Waals surface area contributed by atoms with Crippen LogP contribution in [0.5, 0.6) is 0 Å². The third-order valence-corrected chi connectivity index (χ3v) is 3.22. The topological polar surface area (TPSA) is 79.3 Å². The first-order chi connectivity index (χ1) is 9.47. The fourth-order valence-electron chi connectivity index (χ4n) is 1.60. The lowest BCUT2D eigenvalue weighted by molar-refractivity contribution is 0.0696. The predicted molar refractivity (Wildman–Crippen MR) is 78.6 cm³/mol. The molecule has 0 aliphatic rings. The molecule has 20 heavy (non-hydrogen) atoms. The first-order valence-corrected chi connectivity index (χ1v) is 6.53. The summed E-state index contributed by atoms with van der Waals surface area (Å²) in [6.45, 7) is 1.49. The standard InChI is InChI=1S/C14H11BrN2O3/c1-8(18)9-3-2-4-11(5-9)17-13-12(15)6-10(7-16-13)14(19)20/h2-7H,1H3,(H,16,17)(H,19,20). The number of Topliss-reactive ketones (excluding diaryl/α,β-unsaturated/α-hetero) is 1. The summed E-state index contributed by atoms with van der Waals surface area (Å²) in [5, 5.41) is 11.9. The molecular weight excluding hydrogens is 324 g/mol. The van der Waals surface area contributed by atoms with E-state index in [9.17, 15) is 9.59 Å². The van der Waals surface area contributed by atoms with Crippen LogP contribution in [0.15, 0.2) is 41.0 Å². The number of hydrogen-bond donors (Lipinski definition) is 2. The monoisotopic (exact) mass is 334 g/mol. The van der Waals surface area contributed by atoms with E-state index in [1.165, 1.54) is 19.2 Å². The normalized spacial score (nSPS) is 10.1. The second-order valence-electron chi connectivity index (χ2n) is 4.12. The Balaban J connectivity index is 2.28. The number of carbonyl (C=O) groups excluding carboxylic acids is 1. The number of halogens is 1. The number of aromatic carboxylic acids is 1. The van der Waals surface area contributed by atoms with Gasteiger partial charge in [-0.2, -0.15) is 0 Å². The number of pyridine rings is 1. The number of hydrogen-bond acceptors (Lipinski definition) is 4. The molecule has 1 aromatic heterocycles. The molecule has 0 atom stereocenters. The minimum Gasteiger partial charge on any atom is -0.478 e. The SMILES string of the molecule is CC(=O)c1cccc(Nc2ncc(C(=O)O)cc2Br)c1. The third kappa shape index (κ3) is 3.21. The number of anilines is 2. The van der Waals surface area contributed by atoms with Crippen molar-refractivity contribution in [2.24, 2.45) is 0 Å². The van der Waals surface area contributed by atoms with Crippen LogP contribution in [-0.4, -0.2) is 21.8 Å². The van der Waals surface area contributed by atoms with E-state index in [0.29, 0.717) is 21.5 Å². The molecule has 2 N–H and O–H groups in total. The Labute approximate surface area is 123 Å². The van der Waals surface area contributed by atoms with E-state index in [2.05, 4.69) is 26.2 Å². The van der Waals surface area contributed by atoms with E-state index in [1.807, 2.05) is 0 Å². The first kappa shape index (κ1) is 14.2. The predicted octanol–water partition coefficient (Wildman–Crippen LogP) is 3.49. The summed E-state index contributed by atoms with van der Waals surface area (Å²) in [4.78, 5) is 26.2. The largest absolute Gasteiger partial charge is 0.478 e. The zero-order chi connectivity index (χ0) is 14.7. The highest BCUT2D eigenvalue weighted by Gasteiger charge is 2.09. The van der Waals surface area contributed by atoms with Crippen molar-refractivity contribution in [1.82, 2.24) is 4.98 Å². The van der Waals surface area contributed by atoms with E-state index in [-0.39, 0.29) is 11.3 Å². The van der Waals surface area contributed by atoms with E-state index in [0.717, 1.165) is 0 Å². The summed E-state index contributed by atoms with van der Waals surface area (Å²) < 4.78 is 0.533. The van der Waals surface area contributed by atoms with E-state index in [4.69, 9.17) is 5.11 Å². The zero-order valence-corrected chi connectivity index (χ0v) is 12.1. The minimum atomic E-state index is -1.04. The van der Waals surface area contributed by atoms with Crippen LogP contribution < -0.4 is 5.32 Å². The molecule has 0 aliphatic carbocycles. The number of aromatic nitrogens is 1. The van der Waals surface area contributed by atoms with Gasteiger partial charge in [0.05, 0.1) is 10.0 Å². The second-order valence-corrected chi connectivity index (χ2v) is 4.98. The van der Waals surface area contributed by atoms with Crippen LogP contribution in [-0.2, 0) is 0 Å². The van der Waals surface area contributed by atoms with E-state index in [1.54, 1.807) is 24.3 Å². The number of ketones is 1. The maximum atomic E-state index is 11.3. The molecule has 0 unspecified atom stereocenters. The fraction of sp³-hybridized carbons (Fsp3) is 0.0714. The van der Waals surface area contributed by atoms with Crippen LogP contribution in [0.25, 0.3) is 0 Å². The number of nitrogens with zero attached hydrogens (tertiary/aromatic N) is 1. The van der Waals surface area contributed by atoms with Gasteiger partial charge >= 0.3 is 5.97 Å². The molecule has 5 nitrogen and oxygen atoms in total. The molecule has 0 fully saturated rings. The van der Waals surface area contributed by atoms with Gasteiger partial charge in [0.1, 0.15) is 5.82 Å². The quantitative estimate of drug-likeness (QED) is 0.836. The average molecular weight is 335 g/mol. The molecule has 1 heterocycles. The van der Waals surface area contributed by atoms with Crippen LogP contribution in [0.4, 0.5) is 11.5 Å². The average Bonchev–Trinajstić information content (AvgIpc) is 2.41. The Kier molecular flexibility index (Phi) is 4.14. The van der Waals surface area contributed by atoms with Gasteiger partial charge in [0.2, 0.25) is 0 Å². The molecule has 1 aromatic carbocycles. The Morgan fingerprint density at radius 2 is 2.00 bits per heavy atom. The van der Waals surface area contributed by atoms with Crippen molar-refractivity contribution in [2.45, 2.75) is 6.92 Å². The van der Waals surface area contributed by atoms with Crippen LogP contribution >= 0.6 is 15.9 Å². The minimum absolute atomic E-state index is 0.0260. The molecule has 0 radical (unpaired) electrons. The molecule has 6 heteroatoms. The Morgan fingerprint density at radius 1 is 1.25 bits per heavy atom. The van der Waals surface area contributed by atoms with Crippen molar-refractivity contribution in [2.75, 3.05) is 5.32 Å². The highest BCUT2D eigenvalue weighted by atomic mass is 79.9. The van der Waals surface area contributed by atoms with Gasteiger partial charge in [0.15, 0.2) is 5.78 Å². The van der Waals surface area contributed by atoms with Gasteiger partial charge in [-0.15, -0.1) is 0 Å². The number of rotatable bonds is 4. The van der Waals surface area contributed by atoms with Gasteiger partial charge in [-0.05, 0) is 41.1 Å². The molecular formula is C14H11BrN2O3. The zero-order valence-electron chi connectivity index (χ0n) is 10.6. The summed E-state index contributed by atoms with van der Waals surface area (Å²) in [7, 11) is 0. The molecule has 0 saturated carbocycles. The summed E-state index contributed by atoms with van der Waals surface area (Å²) in [6, 6.07) is 8.46. The van der Waals surface area contributed by atoms with Crippen LogP contribution in [0.3, 0.4) is 0 Å². The van der Waals surface area contributed by atoms with Crippen molar-refractivity contribution in [3.05, 3.63) is 52.1 Å². The fourth-order valence-corrected chi connectivity index (χ4v) is 2.05.